The molecule has 3 N–H and O–H groups in total. The third kappa shape index (κ3) is 3.74. The zero-order valence-electron chi connectivity index (χ0n) is 10.6. The number of nitrogens with two attached hydrogens (primary N) is 1. The monoisotopic (exact) mass is 392 g/mol. The summed E-state index contributed by atoms with van der Waals surface area (Å²) in [7, 11) is -4.06. The van der Waals surface area contributed by atoms with E-state index < -0.39 is 20.7 Å². The highest BCUT2D eigenvalue weighted by Gasteiger charge is 2.22. The minimum absolute atomic E-state index is 0.00954. The summed E-state index contributed by atoms with van der Waals surface area (Å²) in [5, 5.41) is -0.337. The highest BCUT2D eigenvalue weighted by atomic mass is 79.9. The van der Waals surface area contributed by atoms with E-state index in [4.69, 9.17) is 17.3 Å². The van der Waals surface area contributed by atoms with Crippen molar-refractivity contribution in [3.63, 3.8) is 0 Å². The first kappa shape index (κ1) is 16.2. The molecule has 4 nitrogen and oxygen atoms in total. The minimum Gasteiger partial charge on any atom is -0.399 e. The van der Waals surface area contributed by atoms with Gasteiger partial charge in [0.2, 0.25) is 10.0 Å². The van der Waals surface area contributed by atoms with Crippen LogP contribution >= 0.6 is 27.5 Å². The molecule has 0 saturated carbocycles. The van der Waals surface area contributed by atoms with Crippen molar-refractivity contribution in [2.24, 2.45) is 0 Å². The fourth-order valence-corrected chi connectivity index (χ4v) is 3.52. The van der Waals surface area contributed by atoms with Crippen molar-refractivity contribution >= 4 is 43.2 Å². The van der Waals surface area contributed by atoms with Crippen LogP contribution in [-0.2, 0) is 16.6 Å². The number of anilines is 1. The Morgan fingerprint density at radius 1 is 1.29 bits per heavy atom. The maximum atomic E-state index is 13.9. The molecule has 0 aromatic heterocycles. The zero-order valence-corrected chi connectivity index (χ0v) is 13.8. The van der Waals surface area contributed by atoms with E-state index in [1.54, 1.807) is 24.3 Å². The lowest BCUT2D eigenvalue weighted by Crippen LogP contribution is -2.24. The molecule has 8 heteroatoms. The average Bonchev–Trinajstić information content (AvgIpc) is 2.42. The molecule has 0 aliphatic rings. The van der Waals surface area contributed by atoms with Crippen molar-refractivity contribution in [1.82, 2.24) is 4.72 Å². The summed E-state index contributed by atoms with van der Waals surface area (Å²) < 4.78 is 41.3. The Labute approximate surface area is 135 Å². The van der Waals surface area contributed by atoms with Crippen LogP contribution in [0.15, 0.2) is 45.8 Å². The molecule has 0 bridgehead atoms. The van der Waals surface area contributed by atoms with Crippen molar-refractivity contribution in [3.05, 3.63) is 57.3 Å². The molecular formula is C13H11BrClFN2O2S. The van der Waals surface area contributed by atoms with Gasteiger partial charge in [-0.1, -0.05) is 45.7 Å². The molecule has 0 aliphatic heterocycles. The van der Waals surface area contributed by atoms with Crippen molar-refractivity contribution in [3.8, 4) is 0 Å². The summed E-state index contributed by atoms with van der Waals surface area (Å²) in [5.74, 6) is -1.02. The van der Waals surface area contributed by atoms with Crippen LogP contribution < -0.4 is 10.5 Å². The molecule has 0 atom stereocenters. The van der Waals surface area contributed by atoms with Crippen molar-refractivity contribution in [2.45, 2.75) is 11.4 Å². The van der Waals surface area contributed by atoms with Crippen LogP contribution in [0.1, 0.15) is 5.56 Å². The van der Waals surface area contributed by atoms with Gasteiger partial charge in [-0.15, -0.1) is 0 Å². The summed E-state index contributed by atoms with van der Waals surface area (Å²) in [5.41, 5.74) is 6.30. The van der Waals surface area contributed by atoms with Crippen LogP contribution in [0, 0.1) is 5.82 Å². The Hall–Kier alpha value is -1.15. The number of nitrogen functional groups attached to an aromatic ring is 1. The third-order valence-corrected chi connectivity index (χ3v) is 5.17. The lowest BCUT2D eigenvalue weighted by Gasteiger charge is -2.10. The predicted molar refractivity (Wildman–Crippen MR) is 84.0 cm³/mol. The van der Waals surface area contributed by atoms with E-state index >= 15 is 0 Å². The van der Waals surface area contributed by atoms with Crippen molar-refractivity contribution in [1.29, 1.82) is 0 Å². The van der Waals surface area contributed by atoms with Gasteiger partial charge in [0.25, 0.3) is 0 Å². The number of benzene rings is 2. The lowest BCUT2D eigenvalue weighted by atomic mass is 10.2. The number of rotatable bonds is 4. The number of hydrogen-bond donors (Lipinski definition) is 2. The number of sulfonamides is 1. The molecule has 0 aliphatic carbocycles. The molecular weight excluding hydrogens is 383 g/mol. The molecule has 0 unspecified atom stereocenters. The average molecular weight is 394 g/mol. The van der Waals surface area contributed by atoms with E-state index in [1.807, 2.05) is 0 Å². The van der Waals surface area contributed by atoms with E-state index in [2.05, 4.69) is 20.7 Å². The van der Waals surface area contributed by atoms with Crippen LogP contribution in [0.3, 0.4) is 0 Å². The molecule has 112 valence electrons. The largest absolute Gasteiger partial charge is 0.399 e. The minimum atomic E-state index is -4.06. The molecule has 2 aromatic rings. The predicted octanol–water partition coefficient (Wildman–Crippen LogP) is 3.30. The Balaban J connectivity index is 2.30. The fourth-order valence-electron chi connectivity index (χ4n) is 1.67. The van der Waals surface area contributed by atoms with Gasteiger partial charge in [0, 0.05) is 16.7 Å². The Bertz CT molecular complexity index is 784. The van der Waals surface area contributed by atoms with Gasteiger partial charge in [-0.2, -0.15) is 0 Å². The lowest BCUT2D eigenvalue weighted by molar-refractivity contribution is 0.557. The first-order chi connectivity index (χ1) is 9.81. The van der Waals surface area contributed by atoms with E-state index in [0.29, 0.717) is 0 Å². The van der Waals surface area contributed by atoms with E-state index in [1.165, 1.54) is 0 Å². The molecule has 21 heavy (non-hydrogen) atoms. The quantitative estimate of drug-likeness (QED) is 0.783. The molecule has 0 saturated heterocycles. The Morgan fingerprint density at radius 2 is 1.95 bits per heavy atom. The second-order valence-electron chi connectivity index (χ2n) is 4.23. The van der Waals surface area contributed by atoms with E-state index in [9.17, 15) is 12.8 Å². The number of halogens is 3. The first-order valence-electron chi connectivity index (χ1n) is 5.79. The third-order valence-electron chi connectivity index (χ3n) is 2.72. The molecule has 0 heterocycles. The molecule has 0 amide bonds. The van der Waals surface area contributed by atoms with E-state index in [-0.39, 0.29) is 17.3 Å². The smallest absolute Gasteiger partial charge is 0.243 e. The van der Waals surface area contributed by atoms with Gasteiger partial charge in [0.05, 0.1) is 5.02 Å². The summed E-state index contributed by atoms with van der Waals surface area (Å²) in [6.45, 7) is 0.00954. The second-order valence-corrected chi connectivity index (χ2v) is 7.23. The summed E-state index contributed by atoms with van der Waals surface area (Å²) in [4.78, 5) is -0.570. The van der Waals surface area contributed by atoms with Crippen molar-refractivity contribution < 1.29 is 12.8 Å². The molecule has 0 radical (unpaired) electrons. The van der Waals surface area contributed by atoms with Gasteiger partial charge in [-0.05, 0) is 23.8 Å². The zero-order chi connectivity index (χ0) is 15.6. The maximum Gasteiger partial charge on any atom is 0.243 e. The van der Waals surface area contributed by atoms with Gasteiger partial charge >= 0.3 is 0 Å². The topological polar surface area (TPSA) is 72.2 Å². The maximum absolute atomic E-state index is 13.9. The van der Waals surface area contributed by atoms with Gasteiger partial charge < -0.3 is 5.73 Å². The normalized spacial score (nSPS) is 11.6. The van der Waals surface area contributed by atoms with Crippen LogP contribution in [0.25, 0.3) is 0 Å². The fraction of sp³-hybridized carbons (Fsp3) is 0.0769. The summed E-state index contributed by atoms with van der Waals surface area (Å²) in [6, 6.07) is 9.29. The van der Waals surface area contributed by atoms with Crippen LogP contribution in [-0.4, -0.2) is 8.42 Å². The number of nitrogens with one attached hydrogen (secondary N) is 1. The Morgan fingerprint density at radius 3 is 2.62 bits per heavy atom. The summed E-state index contributed by atoms with van der Waals surface area (Å²) >= 11 is 8.92. The van der Waals surface area contributed by atoms with E-state index in [0.717, 1.165) is 22.2 Å². The number of hydrogen-bond acceptors (Lipinski definition) is 3. The molecule has 2 rings (SSSR count). The SMILES string of the molecule is Nc1cc(Cl)c(F)c(S(=O)(=O)NCc2ccccc2Br)c1. The van der Waals surface area contributed by atoms with Gasteiger partial charge in [0.15, 0.2) is 5.82 Å². The van der Waals surface area contributed by atoms with Crippen LogP contribution in [0.5, 0.6) is 0 Å². The molecule has 0 spiro atoms. The van der Waals surface area contributed by atoms with Crippen LogP contribution in [0.2, 0.25) is 5.02 Å². The second kappa shape index (κ2) is 6.31. The van der Waals surface area contributed by atoms with Gasteiger partial charge in [-0.3, -0.25) is 0 Å². The standard InChI is InChI=1S/C13H11BrClFN2O2S/c14-10-4-2-1-3-8(10)7-18-21(19,20)12-6-9(17)5-11(15)13(12)16/h1-6,18H,7,17H2. The first-order valence-corrected chi connectivity index (χ1v) is 8.44. The highest BCUT2D eigenvalue weighted by molar-refractivity contribution is 9.10. The van der Waals surface area contributed by atoms with Crippen LogP contribution in [0.4, 0.5) is 10.1 Å². The molecule has 0 fully saturated rings. The molecule has 2 aromatic carbocycles. The van der Waals surface area contributed by atoms with Crippen molar-refractivity contribution in [2.75, 3.05) is 5.73 Å². The summed E-state index contributed by atoms with van der Waals surface area (Å²) in [6.07, 6.45) is 0. The van der Waals surface area contributed by atoms with Gasteiger partial charge in [0.1, 0.15) is 4.90 Å². The van der Waals surface area contributed by atoms with Gasteiger partial charge in [-0.25, -0.2) is 17.5 Å². The Kier molecular flexibility index (Phi) is 4.88. The highest BCUT2D eigenvalue weighted by Crippen LogP contribution is 2.26.